The van der Waals surface area contributed by atoms with Gasteiger partial charge in [0.2, 0.25) is 0 Å². The van der Waals surface area contributed by atoms with Crippen LogP contribution in [0.5, 0.6) is 0 Å². The summed E-state index contributed by atoms with van der Waals surface area (Å²) in [4.78, 5) is 11.9. The van der Waals surface area contributed by atoms with Gasteiger partial charge < -0.3 is 15.8 Å². The first kappa shape index (κ1) is 13.7. The molecular formula is C13H20N2O2. The first-order valence-corrected chi connectivity index (χ1v) is 5.74. The van der Waals surface area contributed by atoms with E-state index in [2.05, 4.69) is 5.32 Å². The van der Waals surface area contributed by atoms with Gasteiger partial charge in [-0.2, -0.15) is 0 Å². The molecular weight excluding hydrogens is 216 g/mol. The zero-order chi connectivity index (χ0) is 12.7. The summed E-state index contributed by atoms with van der Waals surface area (Å²) in [5.41, 5.74) is 7.28. The van der Waals surface area contributed by atoms with Crippen molar-refractivity contribution in [1.82, 2.24) is 5.32 Å². The molecule has 0 aliphatic heterocycles. The Morgan fingerprint density at radius 2 is 2.06 bits per heavy atom. The number of benzene rings is 1. The number of carbonyl (C=O) groups excluding carboxylic acids is 1. The lowest BCUT2D eigenvalue weighted by molar-refractivity contribution is 0.0893. The van der Waals surface area contributed by atoms with Crippen molar-refractivity contribution in [2.75, 3.05) is 20.3 Å². The maximum absolute atomic E-state index is 11.9. The molecule has 0 aliphatic rings. The number of nitrogens with one attached hydrogen (secondary N) is 1. The van der Waals surface area contributed by atoms with Crippen molar-refractivity contribution in [1.29, 1.82) is 0 Å². The van der Waals surface area contributed by atoms with Crippen molar-refractivity contribution in [3.8, 4) is 0 Å². The van der Waals surface area contributed by atoms with Crippen LogP contribution in [0.1, 0.15) is 22.3 Å². The minimum Gasteiger partial charge on any atom is -0.383 e. The molecule has 1 rings (SSSR count). The Kier molecular flexibility index (Phi) is 5.66. The highest BCUT2D eigenvalue weighted by molar-refractivity contribution is 5.94. The molecule has 0 aromatic heterocycles. The van der Waals surface area contributed by atoms with Crippen molar-refractivity contribution in [3.63, 3.8) is 0 Å². The second kappa shape index (κ2) is 7.04. The Morgan fingerprint density at radius 1 is 1.41 bits per heavy atom. The van der Waals surface area contributed by atoms with E-state index in [0.717, 1.165) is 5.56 Å². The van der Waals surface area contributed by atoms with Crippen molar-refractivity contribution in [2.45, 2.75) is 19.4 Å². The number of methoxy groups -OCH3 is 1. The first-order valence-electron chi connectivity index (χ1n) is 5.74. The van der Waals surface area contributed by atoms with Crippen LogP contribution < -0.4 is 11.1 Å². The van der Waals surface area contributed by atoms with Gasteiger partial charge in [0.05, 0.1) is 12.6 Å². The van der Waals surface area contributed by atoms with Gasteiger partial charge in [-0.3, -0.25) is 4.79 Å². The van der Waals surface area contributed by atoms with Gasteiger partial charge in [-0.05, 0) is 32.0 Å². The van der Waals surface area contributed by atoms with Crippen molar-refractivity contribution >= 4 is 5.91 Å². The van der Waals surface area contributed by atoms with Gasteiger partial charge in [-0.25, -0.2) is 0 Å². The predicted molar refractivity (Wildman–Crippen MR) is 68.0 cm³/mol. The van der Waals surface area contributed by atoms with Gasteiger partial charge >= 0.3 is 0 Å². The van der Waals surface area contributed by atoms with Crippen molar-refractivity contribution in [3.05, 3.63) is 35.4 Å². The van der Waals surface area contributed by atoms with Gasteiger partial charge in [-0.15, -0.1) is 0 Å². The lowest BCUT2D eigenvalue weighted by Gasteiger charge is -2.17. The number of carbonyl (C=O) groups is 1. The Morgan fingerprint density at radius 3 is 2.59 bits per heavy atom. The smallest absolute Gasteiger partial charge is 0.251 e. The highest BCUT2D eigenvalue weighted by Crippen LogP contribution is 2.04. The average Bonchev–Trinajstić information content (AvgIpc) is 2.30. The van der Waals surface area contributed by atoms with E-state index in [-0.39, 0.29) is 11.9 Å². The summed E-state index contributed by atoms with van der Waals surface area (Å²) in [5.74, 6) is -0.0829. The van der Waals surface area contributed by atoms with Crippen LogP contribution >= 0.6 is 0 Å². The number of ether oxygens (including phenoxy) is 1. The molecule has 0 heterocycles. The number of rotatable bonds is 6. The fraction of sp³-hybridized carbons (Fsp3) is 0.462. The van der Waals surface area contributed by atoms with Gasteiger partial charge in [-0.1, -0.05) is 17.7 Å². The van der Waals surface area contributed by atoms with Crippen LogP contribution in [-0.4, -0.2) is 32.2 Å². The largest absolute Gasteiger partial charge is 0.383 e. The third-order valence-corrected chi connectivity index (χ3v) is 2.53. The maximum atomic E-state index is 11.9. The molecule has 1 unspecified atom stereocenters. The summed E-state index contributed by atoms with van der Waals surface area (Å²) in [6, 6.07) is 7.44. The summed E-state index contributed by atoms with van der Waals surface area (Å²) in [5, 5.41) is 2.91. The molecule has 0 fully saturated rings. The van der Waals surface area contributed by atoms with E-state index in [1.807, 2.05) is 31.2 Å². The Bertz CT molecular complexity index is 343. The van der Waals surface area contributed by atoms with E-state index in [0.29, 0.717) is 25.1 Å². The van der Waals surface area contributed by atoms with Crippen molar-refractivity contribution < 1.29 is 9.53 Å². The minimum atomic E-state index is -0.0829. The van der Waals surface area contributed by atoms with Crippen LogP contribution in [0.4, 0.5) is 0 Å². The highest BCUT2D eigenvalue weighted by atomic mass is 16.5. The van der Waals surface area contributed by atoms with Crippen molar-refractivity contribution in [2.24, 2.45) is 5.73 Å². The molecule has 0 bridgehead atoms. The zero-order valence-corrected chi connectivity index (χ0v) is 10.4. The molecule has 17 heavy (non-hydrogen) atoms. The normalized spacial score (nSPS) is 12.2. The van der Waals surface area contributed by atoms with E-state index >= 15 is 0 Å². The molecule has 94 valence electrons. The van der Waals surface area contributed by atoms with E-state index in [9.17, 15) is 4.79 Å². The molecule has 1 amide bonds. The van der Waals surface area contributed by atoms with Gasteiger partial charge in [0.15, 0.2) is 0 Å². The molecule has 0 saturated heterocycles. The lowest BCUT2D eigenvalue weighted by atomic mass is 10.1. The summed E-state index contributed by atoms with van der Waals surface area (Å²) in [6.45, 7) is 3.00. The monoisotopic (exact) mass is 236 g/mol. The van der Waals surface area contributed by atoms with Crippen LogP contribution in [0.25, 0.3) is 0 Å². The van der Waals surface area contributed by atoms with E-state index in [1.165, 1.54) is 0 Å². The summed E-state index contributed by atoms with van der Waals surface area (Å²) in [6.07, 6.45) is 0.714. The Balaban J connectivity index is 2.60. The number of aryl methyl sites for hydroxylation is 1. The van der Waals surface area contributed by atoms with Crippen LogP contribution in [0, 0.1) is 6.92 Å². The molecule has 4 nitrogen and oxygen atoms in total. The maximum Gasteiger partial charge on any atom is 0.251 e. The van der Waals surface area contributed by atoms with Gasteiger partial charge in [0, 0.05) is 12.7 Å². The first-order chi connectivity index (χ1) is 8.17. The second-order valence-electron chi connectivity index (χ2n) is 4.07. The molecule has 0 spiro atoms. The zero-order valence-electron chi connectivity index (χ0n) is 10.4. The van der Waals surface area contributed by atoms with Gasteiger partial charge in [0.25, 0.3) is 5.91 Å². The fourth-order valence-corrected chi connectivity index (χ4v) is 1.57. The van der Waals surface area contributed by atoms with E-state index < -0.39 is 0 Å². The molecule has 0 aliphatic carbocycles. The standard InChI is InChI=1S/C13H20N2O2/c1-10-3-5-11(6-4-10)13(16)15-12(7-8-14)9-17-2/h3-6,12H,7-9,14H2,1-2H3,(H,15,16). The van der Waals surface area contributed by atoms with Crippen LogP contribution in [0.15, 0.2) is 24.3 Å². The topological polar surface area (TPSA) is 64.3 Å². The van der Waals surface area contributed by atoms with Crippen LogP contribution in [0.2, 0.25) is 0 Å². The van der Waals surface area contributed by atoms with Crippen LogP contribution in [0.3, 0.4) is 0 Å². The second-order valence-corrected chi connectivity index (χ2v) is 4.07. The molecule has 4 heteroatoms. The number of nitrogens with two attached hydrogens (primary N) is 1. The SMILES string of the molecule is COCC(CCN)NC(=O)c1ccc(C)cc1. The number of amides is 1. The summed E-state index contributed by atoms with van der Waals surface area (Å²) >= 11 is 0. The highest BCUT2D eigenvalue weighted by Gasteiger charge is 2.12. The van der Waals surface area contributed by atoms with Crippen LogP contribution in [-0.2, 0) is 4.74 Å². The Labute approximate surface area is 102 Å². The molecule has 0 radical (unpaired) electrons. The van der Waals surface area contributed by atoms with E-state index in [1.54, 1.807) is 7.11 Å². The summed E-state index contributed by atoms with van der Waals surface area (Å²) in [7, 11) is 1.61. The fourth-order valence-electron chi connectivity index (χ4n) is 1.57. The van der Waals surface area contributed by atoms with E-state index in [4.69, 9.17) is 10.5 Å². The minimum absolute atomic E-state index is 0.0289. The quantitative estimate of drug-likeness (QED) is 0.777. The lowest BCUT2D eigenvalue weighted by Crippen LogP contribution is -2.39. The molecule has 0 saturated carbocycles. The number of hydrogen-bond donors (Lipinski definition) is 2. The number of hydrogen-bond acceptors (Lipinski definition) is 3. The molecule has 1 aromatic carbocycles. The third kappa shape index (κ3) is 4.54. The van der Waals surface area contributed by atoms with Gasteiger partial charge in [0.1, 0.15) is 0 Å². The predicted octanol–water partition coefficient (Wildman–Crippen LogP) is 1.09. The average molecular weight is 236 g/mol. The molecule has 1 atom stereocenters. The molecule has 1 aromatic rings. The molecule has 3 N–H and O–H groups in total. The summed E-state index contributed by atoms with van der Waals surface area (Å²) < 4.78 is 5.04. The third-order valence-electron chi connectivity index (χ3n) is 2.53. The Hall–Kier alpha value is -1.39.